The molecule has 2 aromatic carbocycles. The fourth-order valence-corrected chi connectivity index (χ4v) is 4.16. The van der Waals surface area contributed by atoms with Crippen molar-refractivity contribution in [3.05, 3.63) is 78.6 Å². The van der Waals surface area contributed by atoms with Gasteiger partial charge in [0.2, 0.25) is 11.8 Å². The number of amides is 2. The number of methoxy groups -OCH3 is 1. The lowest BCUT2D eigenvalue weighted by atomic mass is 10.2. The Morgan fingerprint density at radius 2 is 1.75 bits per heavy atom. The normalized spacial score (nSPS) is 11.5. The van der Waals surface area contributed by atoms with E-state index in [4.69, 9.17) is 4.74 Å². The van der Waals surface area contributed by atoms with Gasteiger partial charge in [0.1, 0.15) is 11.8 Å². The molecule has 2 amide bonds. The highest BCUT2D eigenvalue weighted by Crippen LogP contribution is 2.26. The summed E-state index contributed by atoms with van der Waals surface area (Å²) in [5, 5.41) is 10.9. The summed E-state index contributed by atoms with van der Waals surface area (Å²) >= 11 is 1.21. The Balaban J connectivity index is 1.52. The minimum Gasteiger partial charge on any atom is -0.497 e. The molecule has 0 saturated heterocycles. The molecule has 184 valence electrons. The van der Waals surface area contributed by atoms with Crippen molar-refractivity contribution in [2.24, 2.45) is 0 Å². The van der Waals surface area contributed by atoms with E-state index in [0.717, 1.165) is 16.8 Å². The molecule has 2 aromatic heterocycles. The van der Waals surface area contributed by atoms with E-state index in [1.54, 1.807) is 67.5 Å². The number of ether oxygens (including phenoxy) is 1. The fourth-order valence-electron chi connectivity index (χ4n) is 3.35. The number of aryl methyl sites for hydroxylation is 1. The largest absolute Gasteiger partial charge is 0.497 e. The van der Waals surface area contributed by atoms with Gasteiger partial charge in [-0.05, 0) is 61.9 Å². The zero-order valence-electron chi connectivity index (χ0n) is 20.1. The van der Waals surface area contributed by atoms with Crippen LogP contribution in [0, 0.1) is 6.92 Å². The second-order valence-electron chi connectivity index (χ2n) is 7.94. The van der Waals surface area contributed by atoms with Crippen LogP contribution >= 0.6 is 11.8 Å². The minimum absolute atomic E-state index is 0.0899. The van der Waals surface area contributed by atoms with E-state index < -0.39 is 6.04 Å². The molecule has 4 aromatic rings. The van der Waals surface area contributed by atoms with Gasteiger partial charge >= 0.3 is 0 Å². The standard InChI is InChI=1S/C26H26N6O3S/c1-17-6-4-5-7-22(17)29-25(34)18(2)32-26(30-24(31-32)19-12-14-27-15-13-19)36-16-23(33)28-20-8-10-21(35-3)11-9-20/h4-15,18H,16H2,1-3H3,(H,28,33)(H,29,34)/t18-/m1/s1. The van der Waals surface area contributed by atoms with E-state index >= 15 is 0 Å². The smallest absolute Gasteiger partial charge is 0.249 e. The number of hydrogen-bond donors (Lipinski definition) is 2. The molecule has 0 fully saturated rings. The number of benzene rings is 2. The molecule has 0 unspecified atom stereocenters. The fraction of sp³-hybridized carbons (Fsp3) is 0.192. The van der Waals surface area contributed by atoms with Crippen LogP contribution < -0.4 is 15.4 Å². The number of para-hydroxylation sites is 1. The zero-order chi connectivity index (χ0) is 25.5. The molecular formula is C26H26N6O3S. The number of anilines is 2. The first-order valence-corrected chi connectivity index (χ1v) is 12.2. The van der Waals surface area contributed by atoms with E-state index in [-0.39, 0.29) is 17.6 Å². The van der Waals surface area contributed by atoms with Crippen molar-refractivity contribution in [3.63, 3.8) is 0 Å². The number of aromatic nitrogens is 4. The maximum Gasteiger partial charge on any atom is 0.249 e. The number of nitrogens with one attached hydrogen (secondary N) is 2. The summed E-state index contributed by atoms with van der Waals surface area (Å²) in [6, 6.07) is 17.6. The van der Waals surface area contributed by atoms with Gasteiger partial charge in [-0.1, -0.05) is 30.0 Å². The SMILES string of the molecule is COc1ccc(NC(=O)CSc2nc(-c3ccncc3)nn2[C@H](C)C(=O)Nc2ccccc2C)cc1. The van der Waals surface area contributed by atoms with Gasteiger partial charge in [-0.2, -0.15) is 0 Å². The predicted molar refractivity (Wildman–Crippen MR) is 140 cm³/mol. The van der Waals surface area contributed by atoms with Crippen LogP contribution in [0.25, 0.3) is 11.4 Å². The molecule has 2 N–H and O–H groups in total. The van der Waals surface area contributed by atoms with E-state index in [9.17, 15) is 9.59 Å². The number of carbonyl (C=O) groups is 2. The Morgan fingerprint density at radius 1 is 1.03 bits per heavy atom. The molecule has 36 heavy (non-hydrogen) atoms. The Hall–Kier alpha value is -4.18. The average Bonchev–Trinajstić information content (AvgIpc) is 3.33. The van der Waals surface area contributed by atoms with Crippen molar-refractivity contribution < 1.29 is 14.3 Å². The Morgan fingerprint density at radius 3 is 2.44 bits per heavy atom. The van der Waals surface area contributed by atoms with Crippen molar-refractivity contribution in [1.29, 1.82) is 0 Å². The molecule has 0 bridgehead atoms. The highest BCUT2D eigenvalue weighted by molar-refractivity contribution is 7.99. The molecule has 9 nitrogen and oxygen atoms in total. The lowest BCUT2D eigenvalue weighted by Gasteiger charge is -2.15. The number of hydrogen-bond acceptors (Lipinski definition) is 7. The molecular weight excluding hydrogens is 476 g/mol. The molecule has 10 heteroatoms. The van der Waals surface area contributed by atoms with Crippen LogP contribution in [0.15, 0.2) is 78.2 Å². The van der Waals surface area contributed by atoms with Crippen LogP contribution in [0.5, 0.6) is 5.75 Å². The van der Waals surface area contributed by atoms with Crippen molar-refractivity contribution in [2.75, 3.05) is 23.5 Å². The first-order valence-electron chi connectivity index (χ1n) is 11.2. The molecule has 4 rings (SSSR count). The Labute approximate surface area is 213 Å². The van der Waals surface area contributed by atoms with Crippen LogP contribution in [0.3, 0.4) is 0 Å². The second-order valence-corrected chi connectivity index (χ2v) is 8.89. The van der Waals surface area contributed by atoms with Crippen molar-refractivity contribution in [2.45, 2.75) is 25.0 Å². The lowest BCUT2D eigenvalue weighted by molar-refractivity contribution is -0.119. The van der Waals surface area contributed by atoms with Crippen LogP contribution in [0.2, 0.25) is 0 Å². The third-order valence-electron chi connectivity index (χ3n) is 5.39. The summed E-state index contributed by atoms with van der Waals surface area (Å²) in [5.41, 5.74) is 3.11. The van der Waals surface area contributed by atoms with Crippen LogP contribution in [0.1, 0.15) is 18.5 Å². The highest BCUT2D eigenvalue weighted by Gasteiger charge is 2.23. The third kappa shape index (κ3) is 6.08. The van der Waals surface area contributed by atoms with E-state index in [2.05, 4.69) is 25.7 Å². The van der Waals surface area contributed by atoms with Gasteiger partial charge in [0.05, 0.1) is 12.9 Å². The number of nitrogens with zero attached hydrogens (tertiary/aromatic N) is 4. The summed E-state index contributed by atoms with van der Waals surface area (Å²) in [5.74, 6) is 0.803. The first kappa shape index (κ1) is 24.9. The highest BCUT2D eigenvalue weighted by atomic mass is 32.2. The number of thioether (sulfide) groups is 1. The summed E-state index contributed by atoms with van der Waals surface area (Å²) in [6.07, 6.45) is 3.30. The number of pyridine rings is 1. The second kappa shape index (κ2) is 11.5. The van der Waals surface area contributed by atoms with Gasteiger partial charge in [-0.3, -0.25) is 14.6 Å². The molecule has 1 atom stereocenters. The van der Waals surface area contributed by atoms with E-state index in [1.807, 2.05) is 31.2 Å². The first-order chi connectivity index (χ1) is 17.4. The van der Waals surface area contributed by atoms with Crippen molar-refractivity contribution in [3.8, 4) is 17.1 Å². The third-order valence-corrected chi connectivity index (χ3v) is 6.34. The molecule has 0 saturated carbocycles. The van der Waals surface area contributed by atoms with E-state index in [1.165, 1.54) is 11.8 Å². The van der Waals surface area contributed by atoms with E-state index in [0.29, 0.717) is 22.4 Å². The zero-order valence-corrected chi connectivity index (χ0v) is 21.0. The average molecular weight is 503 g/mol. The van der Waals surface area contributed by atoms with Crippen molar-refractivity contribution >= 4 is 35.0 Å². The lowest BCUT2D eigenvalue weighted by Crippen LogP contribution is -2.25. The number of carbonyl (C=O) groups excluding carboxylic acids is 2. The van der Waals surface area contributed by atoms with Gasteiger partial charge in [-0.15, -0.1) is 5.10 Å². The van der Waals surface area contributed by atoms with Crippen LogP contribution in [0.4, 0.5) is 11.4 Å². The summed E-state index contributed by atoms with van der Waals surface area (Å²) in [7, 11) is 1.59. The molecule has 0 radical (unpaired) electrons. The minimum atomic E-state index is -0.667. The van der Waals surface area contributed by atoms with Gasteiger partial charge in [0.25, 0.3) is 0 Å². The molecule has 2 heterocycles. The predicted octanol–water partition coefficient (Wildman–Crippen LogP) is 4.59. The van der Waals surface area contributed by atoms with Crippen LogP contribution in [-0.4, -0.2) is 44.4 Å². The van der Waals surface area contributed by atoms with Crippen molar-refractivity contribution in [1.82, 2.24) is 19.7 Å². The Kier molecular flexibility index (Phi) is 7.96. The van der Waals surface area contributed by atoms with Crippen LogP contribution in [-0.2, 0) is 9.59 Å². The topological polar surface area (TPSA) is 111 Å². The summed E-state index contributed by atoms with van der Waals surface area (Å²) in [6.45, 7) is 3.68. The Bertz CT molecular complexity index is 1340. The quantitative estimate of drug-likeness (QED) is 0.322. The summed E-state index contributed by atoms with van der Waals surface area (Å²) in [4.78, 5) is 34.3. The maximum absolute atomic E-state index is 13.1. The monoisotopic (exact) mass is 502 g/mol. The van der Waals surface area contributed by atoms with Gasteiger partial charge < -0.3 is 15.4 Å². The summed E-state index contributed by atoms with van der Waals surface area (Å²) < 4.78 is 6.70. The van der Waals surface area contributed by atoms with Gasteiger partial charge in [0.15, 0.2) is 11.0 Å². The maximum atomic E-state index is 13.1. The van der Waals surface area contributed by atoms with Gasteiger partial charge in [0, 0.05) is 29.3 Å². The molecule has 0 spiro atoms. The molecule has 0 aliphatic carbocycles. The van der Waals surface area contributed by atoms with Gasteiger partial charge in [-0.25, -0.2) is 9.67 Å². The molecule has 0 aliphatic heterocycles. The molecule has 0 aliphatic rings. The number of rotatable bonds is 9.